The number of benzene rings is 1. The molecule has 2 aromatic rings. The smallest absolute Gasteiger partial charge is 0.0406 e. The maximum atomic E-state index is 5.90. The first-order chi connectivity index (χ1) is 8.81. The predicted molar refractivity (Wildman–Crippen MR) is 78.4 cm³/mol. The third kappa shape index (κ3) is 2.77. The summed E-state index contributed by atoms with van der Waals surface area (Å²) in [5.74, 6) is 0.710. The van der Waals surface area contributed by atoms with Crippen molar-refractivity contribution in [3.63, 3.8) is 0 Å². The lowest BCUT2D eigenvalue weighted by atomic mass is 9.76. The Morgan fingerprint density at radius 2 is 1.94 bits per heavy atom. The van der Waals surface area contributed by atoms with Gasteiger partial charge in [-0.1, -0.05) is 23.7 Å². The molecule has 0 atom stereocenters. The Morgan fingerprint density at radius 3 is 2.61 bits per heavy atom. The van der Waals surface area contributed by atoms with Crippen LogP contribution in [0.3, 0.4) is 0 Å². The van der Waals surface area contributed by atoms with Crippen LogP contribution in [0.15, 0.2) is 41.1 Å². The molecule has 0 amide bonds. The number of hydrogen-bond acceptors (Lipinski definition) is 2. The zero-order chi connectivity index (χ0) is 12.4. The van der Waals surface area contributed by atoms with Gasteiger partial charge in [-0.25, -0.2) is 0 Å². The summed E-state index contributed by atoms with van der Waals surface area (Å²) in [6.07, 6.45) is 2.48. The SMILES string of the molecule is Clc1ccc(C2CC(NCc3ccsc3)C2)cc1. The summed E-state index contributed by atoms with van der Waals surface area (Å²) < 4.78 is 0. The zero-order valence-electron chi connectivity index (χ0n) is 10.1. The summed E-state index contributed by atoms with van der Waals surface area (Å²) in [5, 5.41) is 8.78. The van der Waals surface area contributed by atoms with E-state index in [4.69, 9.17) is 11.6 Å². The lowest BCUT2D eigenvalue weighted by Gasteiger charge is -2.36. The maximum Gasteiger partial charge on any atom is 0.0406 e. The third-order valence-corrected chi connectivity index (χ3v) is 4.64. The summed E-state index contributed by atoms with van der Waals surface area (Å²) in [6, 6.07) is 11.1. The average molecular weight is 278 g/mol. The summed E-state index contributed by atoms with van der Waals surface area (Å²) in [6.45, 7) is 1.00. The van der Waals surface area contributed by atoms with E-state index in [9.17, 15) is 0 Å². The second-order valence-corrected chi connectivity index (χ2v) is 6.15. The van der Waals surface area contributed by atoms with Crippen LogP contribution in [0.4, 0.5) is 0 Å². The molecule has 0 aliphatic heterocycles. The average Bonchev–Trinajstić information content (AvgIpc) is 2.82. The highest BCUT2D eigenvalue weighted by molar-refractivity contribution is 7.07. The minimum atomic E-state index is 0.672. The van der Waals surface area contributed by atoms with Crippen LogP contribution in [0.1, 0.15) is 29.9 Å². The number of rotatable bonds is 4. The molecule has 1 heterocycles. The van der Waals surface area contributed by atoms with Crippen molar-refractivity contribution in [2.24, 2.45) is 0 Å². The van der Waals surface area contributed by atoms with Gasteiger partial charge in [-0.3, -0.25) is 0 Å². The van der Waals surface area contributed by atoms with E-state index in [-0.39, 0.29) is 0 Å². The molecule has 18 heavy (non-hydrogen) atoms. The van der Waals surface area contributed by atoms with Crippen LogP contribution in [0.5, 0.6) is 0 Å². The van der Waals surface area contributed by atoms with Crippen molar-refractivity contribution in [2.75, 3.05) is 0 Å². The van der Waals surface area contributed by atoms with Crippen LogP contribution >= 0.6 is 22.9 Å². The molecule has 1 aromatic heterocycles. The molecule has 0 saturated heterocycles. The Labute approximate surface area is 117 Å². The first-order valence-corrected chi connectivity index (χ1v) is 7.63. The Kier molecular flexibility index (Phi) is 3.69. The van der Waals surface area contributed by atoms with E-state index in [1.807, 2.05) is 12.1 Å². The van der Waals surface area contributed by atoms with Crippen LogP contribution in [0, 0.1) is 0 Å². The number of thiophene rings is 1. The summed E-state index contributed by atoms with van der Waals surface area (Å²) in [4.78, 5) is 0. The molecule has 3 rings (SSSR count). The van der Waals surface area contributed by atoms with E-state index in [1.165, 1.54) is 24.0 Å². The van der Waals surface area contributed by atoms with Crippen LogP contribution < -0.4 is 5.32 Å². The van der Waals surface area contributed by atoms with Crippen molar-refractivity contribution in [3.8, 4) is 0 Å². The van der Waals surface area contributed by atoms with Crippen LogP contribution in [0.25, 0.3) is 0 Å². The quantitative estimate of drug-likeness (QED) is 0.871. The molecule has 0 radical (unpaired) electrons. The first kappa shape index (κ1) is 12.2. The van der Waals surface area contributed by atoms with E-state index >= 15 is 0 Å². The fraction of sp³-hybridized carbons (Fsp3) is 0.333. The Balaban J connectivity index is 1.47. The standard InChI is InChI=1S/C15H16ClNS/c16-14-3-1-12(2-4-14)13-7-15(8-13)17-9-11-5-6-18-10-11/h1-6,10,13,15,17H,7-9H2. The van der Waals surface area contributed by atoms with E-state index in [0.29, 0.717) is 12.0 Å². The molecule has 1 aliphatic rings. The van der Waals surface area contributed by atoms with Crippen molar-refractivity contribution >= 4 is 22.9 Å². The molecule has 0 bridgehead atoms. The summed E-state index contributed by atoms with van der Waals surface area (Å²) in [5.41, 5.74) is 2.82. The molecule has 1 nitrogen and oxygen atoms in total. The predicted octanol–water partition coefficient (Wildman–Crippen LogP) is 4.44. The Hall–Kier alpha value is -0.830. The molecule has 3 heteroatoms. The van der Waals surface area contributed by atoms with Gasteiger partial charge >= 0.3 is 0 Å². The Bertz CT molecular complexity index is 486. The highest BCUT2D eigenvalue weighted by Gasteiger charge is 2.29. The molecule has 1 N–H and O–H groups in total. The van der Waals surface area contributed by atoms with Gasteiger partial charge in [0.05, 0.1) is 0 Å². The first-order valence-electron chi connectivity index (χ1n) is 6.31. The van der Waals surface area contributed by atoms with Gasteiger partial charge in [0.1, 0.15) is 0 Å². The summed E-state index contributed by atoms with van der Waals surface area (Å²) >= 11 is 7.66. The van der Waals surface area contributed by atoms with Crippen molar-refractivity contribution < 1.29 is 0 Å². The third-order valence-electron chi connectivity index (χ3n) is 3.65. The van der Waals surface area contributed by atoms with Gasteiger partial charge in [0.25, 0.3) is 0 Å². The molecular formula is C15H16ClNS. The van der Waals surface area contributed by atoms with Crippen molar-refractivity contribution in [1.29, 1.82) is 0 Å². The van der Waals surface area contributed by atoms with E-state index in [1.54, 1.807) is 11.3 Å². The van der Waals surface area contributed by atoms with Crippen LogP contribution in [-0.4, -0.2) is 6.04 Å². The molecule has 0 spiro atoms. The summed E-state index contributed by atoms with van der Waals surface area (Å²) in [7, 11) is 0. The molecule has 0 unspecified atom stereocenters. The normalized spacial score (nSPS) is 22.7. The van der Waals surface area contributed by atoms with Crippen LogP contribution in [-0.2, 0) is 6.54 Å². The Morgan fingerprint density at radius 1 is 1.17 bits per heavy atom. The minimum Gasteiger partial charge on any atom is -0.310 e. The van der Waals surface area contributed by atoms with Gasteiger partial charge in [-0.15, -0.1) is 0 Å². The molecule has 1 aromatic carbocycles. The van der Waals surface area contributed by atoms with Gasteiger partial charge in [-0.05, 0) is 58.8 Å². The fourth-order valence-electron chi connectivity index (χ4n) is 2.45. The van der Waals surface area contributed by atoms with Gasteiger partial charge in [0.2, 0.25) is 0 Å². The number of hydrogen-bond donors (Lipinski definition) is 1. The van der Waals surface area contributed by atoms with Gasteiger partial charge in [-0.2, -0.15) is 11.3 Å². The largest absolute Gasteiger partial charge is 0.310 e. The minimum absolute atomic E-state index is 0.672. The van der Waals surface area contributed by atoms with E-state index in [0.717, 1.165) is 11.6 Å². The van der Waals surface area contributed by atoms with E-state index in [2.05, 4.69) is 34.3 Å². The van der Waals surface area contributed by atoms with E-state index < -0.39 is 0 Å². The second-order valence-electron chi connectivity index (χ2n) is 4.93. The van der Waals surface area contributed by atoms with Gasteiger partial charge in [0, 0.05) is 17.6 Å². The lowest BCUT2D eigenvalue weighted by molar-refractivity contribution is 0.289. The highest BCUT2D eigenvalue weighted by atomic mass is 35.5. The van der Waals surface area contributed by atoms with Crippen molar-refractivity contribution in [2.45, 2.75) is 31.3 Å². The monoisotopic (exact) mass is 277 g/mol. The molecular weight excluding hydrogens is 262 g/mol. The molecule has 94 valence electrons. The number of nitrogens with one attached hydrogen (secondary N) is 1. The van der Waals surface area contributed by atoms with Crippen molar-refractivity contribution in [1.82, 2.24) is 5.32 Å². The highest BCUT2D eigenvalue weighted by Crippen LogP contribution is 2.37. The maximum absolute atomic E-state index is 5.90. The second kappa shape index (κ2) is 5.43. The topological polar surface area (TPSA) is 12.0 Å². The van der Waals surface area contributed by atoms with Crippen molar-refractivity contribution in [3.05, 3.63) is 57.2 Å². The number of halogens is 1. The lowest BCUT2D eigenvalue weighted by Crippen LogP contribution is -2.39. The zero-order valence-corrected chi connectivity index (χ0v) is 11.7. The molecule has 1 saturated carbocycles. The fourth-order valence-corrected chi connectivity index (χ4v) is 3.24. The van der Waals surface area contributed by atoms with Crippen LogP contribution in [0.2, 0.25) is 5.02 Å². The molecule has 1 fully saturated rings. The van der Waals surface area contributed by atoms with Gasteiger partial charge in [0.15, 0.2) is 0 Å². The molecule has 1 aliphatic carbocycles. The van der Waals surface area contributed by atoms with Gasteiger partial charge < -0.3 is 5.32 Å².